The van der Waals surface area contributed by atoms with E-state index in [1.807, 2.05) is 13.8 Å². The minimum atomic E-state index is -0.310. The highest BCUT2D eigenvalue weighted by Gasteiger charge is 2.16. The summed E-state index contributed by atoms with van der Waals surface area (Å²) in [4.78, 5) is 0. The number of hydrogen-bond donors (Lipinski definition) is 2. The lowest BCUT2D eigenvalue weighted by Crippen LogP contribution is -2.39. The summed E-state index contributed by atoms with van der Waals surface area (Å²) in [5.74, 6) is 0.377. The topological polar surface area (TPSA) is 46.2 Å². The maximum Gasteiger partial charge on any atom is 0.0693 e. The number of unbranched alkanes of at least 4 members (excludes halogenated alkanes) is 1. The fourth-order valence-corrected chi connectivity index (χ4v) is 1.05. The van der Waals surface area contributed by atoms with Crippen molar-refractivity contribution in [2.75, 3.05) is 0 Å². The van der Waals surface area contributed by atoms with Crippen LogP contribution in [0.4, 0.5) is 0 Å². The number of rotatable bonds is 5. The van der Waals surface area contributed by atoms with Crippen LogP contribution in [0.3, 0.4) is 0 Å². The summed E-state index contributed by atoms with van der Waals surface area (Å²) in [6, 6.07) is -0.0541. The van der Waals surface area contributed by atoms with Crippen LogP contribution in [0.5, 0.6) is 0 Å². The first-order valence-electron chi connectivity index (χ1n) is 4.53. The molecule has 0 heterocycles. The molecule has 0 amide bonds. The van der Waals surface area contributed by atoms with Gasteiger partial charge in [-0.05, 0) is 12.3 Å². The molecule has 0 spiro atoms. The Labute approximate surface area is 69.8 Å². The van der Waals surface area contributed by atoms with Crippen LogP contribution in [0, 0.1) is 5.92 Å². The van der Waals surface area contributed by atoms with E-state index < -0.39 is 0 Å². The van der Waals surface area contributed by atoms with E-state index in [1.54, 1.807) is 0 Å². The Morgan fingerprint density at radius 1 is 1.36 bits per heavy atom. The van der Waals surface area contributed by atoms with Crippen molar-refractivity contribution in [1.29, 1.82) is 0 Å². The van der Waals surface area contributed by atoms with E-state index in [0.717, 1.165) is 19.3 Å². The van der Waals surface area contributed by atoms with Crippen molar-refractivity contribution in [3.8, 4) is 0 Å². The van der Waals surface area contributed by atoms with Crippen molar-refractivity contribution >= 4 is 0 Å². The summed E-state index contributed by atoms with van der Waals surface area (Å²) in [6.07, 6.45) is 2.73. The predicted molar refractivity (Wildman–Crippen MR) is 48.3 cm³/mol. The minimum Gasteiger partial charge on any atom is -0.392 e. The maximum absolute atomic E-state index is 9.49. The van der Waals surface area contributed by atoms with Crippen molar-refractivity contribution in [3.63, 3.8) is 0 Å². The molecule has 0 aliphatic carbocycles. The lowest BCUT2D eigenvalue weighted by Gasteiger charge is -2.21. The molecule has 0 radical (unpaired) electrons. The molecule has 2 nitrogen and oxygen atoms in total. The standard InChI is InChI=1S/C9H21NO/c1-4-5-6-8(11)9(10)7(2)3/h7-9,11H,4-6,10H2,1-3H3/t8-,9+/m1/s1. The highest BCUT2D eigenvalue weighted by Crippen LogP contribution is 2.09. The van der Waals surface area contributed by atoms with Crippen LogP contribution in [0.2, 0.25) is 0 Å². The Morgan fingerprint density at radius 2 is 1.91 bits per heavy atom. The highest BCUT2D eigenvalue weighted by atomic mass is 16.3. The zero-order valence-electron chi connectivity index (χ0n) is 7.88. The quantitative estimate of drug-likeness (QED) is 0.639. The molecule has 0 saturated carbocycles. The molecule has 0 bridgehead atoms. The Kier molecular flexibility index (Phi) is 5.51. The van der Waals surface area contributed by atoms with E-state index in [0.29, 0.717) is 5.92 Å². The molecule has 0 unspecified atom stereocenters. The second-order valence-electron chi connectivity index (χ2n) is 3.53. The molecular weight excluding hydrogens is 138 g/mol. The smallest absolute Gasteiger partial charge is 0.0693 e. The molecule has 68 valence electrons. The van der Waals surface area contributed by atoms with Gasteiger partial charge < -0.3 is 10.8 Å². The van der Waals surface area contributed by atoms with Crippen LogP contribution < -0.4 is 5.73 Å². The predicted octanol–water partition coefficient (Wildman–Crippen LogP) is 1.52. The number of aliphatic hydroxyl groups is 1. The van der Waals surface area contributed by atoms with Gasteiger partial charge in [-0.15, -0.1) is 0 Å². The molecule has 2 atom stereocenters. The fourth-order valence-electron chi connectivity index (χ4n) is 1.05. The van der Waals surface area contributed by atoms with E-state index in [-0.39, 0.29) is 12.1 Å². The zero-order valence-corrected chi connectivity index (χ0v) is 7.88. The van der Waals surface area contributed by atoms with Gasteiger partial charge in [0.05, 0.1) is 6.10 Å². The molecular formula is C9H21NO. The van der Waals surface area contributed by atoms with Crippen LogP contribution in [0.15, 0.2) is 0 Å². The van der Waals surface area contributed by atoms with Gasteiger partial charge in [0.25, 0.3) is 0 Å². The minimum absolute atomic E-state index is 0.0541. The van der Waals surface area contributed by atoms with E-state index in [9.17, 15) is 5.11 Å². The first-order valence-corrected chi connectivity index (χ1v) is 4.53. The maximum atomic E-state index is 9.49. The summed E-state index contributed by atoms with van der Waals surface area (Å²) in [6.45, 7) is 6.20. The van der Waals surface area contributed by atoms with Gasteiger partial charge in [-0.1, -0.05) is 33.6 Å². The van der Waals surface area contributed by atoms with Gasteiger partial charge in [0.2, 0.25) is 0 Å². The van der Waals surface area contributed by atoms with Crippen LogP contribution in [0.1, 0.15) is 40.0 Å². The third-order valence-electron chi connectivity index (χ3n) is 2.07. The molecule has 0 fully saturated rings. The van der Waals surface area contributed by atoms with Gasteiger partial charge in [0.15, 0.2) is 0 Å². The summed E-state index contributed by atoms with van der Waals surface area (Å²) in [5, 5.41) is 9.49. The monoisotopic (exact) mass is 159 g/mol. The fraction of sp³-hybridized carbons (Fsp3) is 1.00. The molecule has 3 N–H and O–H groups in total. The van der Waals surface area contributed by atoms with Crippen molar-refractivity contribution < 1.29 is 5.11 Å². The molecule has 0 aromatic heterocycles. The largest absolute Gasteiger partial charge is 0.392 e. The lowest BCUT2D eigenvalue weighted by molar-refractivity contribution is 0.113. The van der Waals surface area contributed by atoms with Crippen molar-refractivity contribution in [3.05, 3.63) is 0 Å². The first-order chi connectivity index (χ1) is 5.09. The van der Waals surface area contributed by atoms with Gasteiger partial charge in [0.1, 0.15) is 0 Å². The van der Waals surface area contributed by atoms with Crippen LogP contribution >= 0.6 is 0 Å². The summed E-state index contributed by atoms with van der Waals surface area (Å²) in [7, 11) is 0. The summed E-state index contributed by atoms with van der Waals surface area (Å²) in [5.41, 5.74) is 5.75. The molecule has 0 saturated heterocycles. The average molecular weight is 159 g/mol. The van der Waals surface area contributed by atoms with Crippen LogP contribution in [-0.2, 0) is 0 Å². The summed E-state index contributed by atoms with van der Waals surface area (Å²) >= 11 is 0. The van der Waals surface area contributed by atoms with Gasteiger partial charge >= 0.3 is 0 Å². The van der Waals surface area contributed by atoms with Gasteiger partial charge in [0, 0.05) is 6.04 Å². The Hall–Kier alpha value is -0.0800. The summed E-state index contributed by atoms with van der Waals surface area (Å²) < 4.78 is 0. The van der Waals surface area contributed by atoms with Crippen LogP contribution in [0.25, 0.3) is 0 Å². The molecule has 0 aromatic carbocycles. The molecule has 0 aromatic rings. The van der Waals surface area contributed by atoms with Crippen molar-refractivity contribution in [1.82, 2.24) is 0 Å². The molecule has 0 rings (SSSR count). The lowest BCUT2D eigenvalue weighted by atomic mass is 9.96. The SMILES string of the molecule is CCCC[C@@H](O)[C@@H](N)C(C)C. The number of nitrogens with two attached hydrogens (primary N) is 1. The third-order valence-corrected chi connectivity index (χ3v) is 2.07. The normalized spacial score (nSPS) is 16.9. The van der Waals surface area contributed by atoms with Crippen LogP contribution in [-0.4, -0.2) is 17.3 Å². The third kappa shape index (κ3) is 4.38. The molecule has 0 aliphatic rings. The second-order valence-corrected chi connectivity index (χ2v) is 3.53. The van der Waals surface area contributed by atoms with E-state index in [1.165, 1.54) is 0 Å². The second kappa shape index (κ2) is 5.56. The zero-order chi connectivity index (χ0) is 8.85. The van der Waals surface area contributed by atoms with E-state index in [4.69, 9.17) is 5.73 Å². The average Bonchev–Trinajstić information content (AvgIpc) is 1.98. The van der Waals surface area contributed by atoms with Gasteiger partial charge in [-0.25, -0.2) is 0 Å². The Morgan fingerprint density at radius 3 is 2.27 bits per heavy atom. The number of aliphatic hydroxyl groups excluding tert-OH is 1. The number of hydrogen-bond acceptors (Lipinski definition) is 2. The van der Waals surface area contributed by atoms with Gasteiger partial charge in [-0.2, -0.15) is 0 Å². The Bertz CT molecular complexity index is 93.6. The van der Waals surface area contributed by atoms with E-state index >= 15 is 0 Å². The molecule has 11 heavy (non-hydrogen) atoms. The first kappa shape index (κ1) is 10.9. The highest BCUT2D eigenvalue weighted by molar-refractivity contribution is 4.74. The Balaban J connectivity index is 3.55. The van der Waals surface area contributed by atoms with Gasteiger partial charge in [-0.3, -0.25) is 0 Å². The van der Waals surface area contributed by atoms with Crippen molar-refractivity contribution in [2.24, 2.45) is 11.7 Å². The van der Waals surface area contributed by atoms with E-state index in [2.05, 4.69) is 6.92 Å². The van der Waals surface area contributed by atoms with Crippen molar-refractivity contribution in [2.45, 2.75) is 52.2 Å². The molecule has 2 heteroatoms. The molecule has 0 aliphatic heterocycles.